The molecule has 2 heterocycles. The summed E-state index contributed by atoms with van der Waals surface area (Å²) in [7, 11) is 1.91. The van der Waals surface area contributed by atoms with E-state index in [2.05, 4.69) is 16.5 Å². The lowest BCUT2D eigenvalue weighted by atomic mass is 9.90. The van der Waals surface area contributed by atoms with Crippen molar-refractivity contribution in [3.8, 4) is 0 Å². The third-order valence-corrected chi connectivity index (χ3v) is 5.57. The maximum Gasteiger partial charge on any atom is 0.254 e. The molecule has 3 rings (SSSR count). The van der Waals surface area contributed by atoms with Gasteiger partial charge in [-0.15, -0.1) is 0 Å². The molecule has 2 N–H and O–H groups in total. The van der Waals surface area contributed by atoms with Crippen molar-refractivity contribution in [1.29, 1.82) is 0 Å². The predicted molar refractivity (Wildman–Crippen MR) is 106 cm³/mol. The van der Waals surface area contributed by atoms with Crippen molar-refractivity contribution in [1.82, 2.24) is 20.0 Å². The molecular weight excluding hydrogens is 340 g/mol. The highest BCUT2D eigenvalue weighted by Crippen LogP contribution is 2.25. The molecule has 1 fully saturated rings. The predicted octanol–water partition coefficient (Wildman–Crippen LogP) is 2.14. The second-order valence-corrected chi connectivity index (χ2v) is 7.39. The van der Waals surface area contributed by atoms with Crippen molar-refractivity contribution in [3.63, 3.8) is 0 Å². The molecule has 0 bridgehead atoms. The zero-order valence-electron chi connectivity index (χ0n) is 16.5. The van der Waals surface area contributed by atoms with E-state index in [4.69, 9.17) is 0 Å². The van der Waals surface area contributed by atoms with E-state index >= 15 is 0 Å². The minimum atomic E-state index is -0.0592. The van der Waals surface area contributed by atoms with Crippen molar-refractivity contribution < 1.29 is 9.90 Å². The summed E-state index contributed by atoms with van der Waals surface area (Å²) in [5.41, 5.74) is 4.92. The van der Waals surface area contributed by atoms with Crippen LogP contribution >= 0.6 is 0 Å². The van der Waals surface area contributed by atoms with Gasteiger partial charge >= 0.3 is 0 Å². The van der Waals surface area contributed by atoms with Gasteiger partial charge in [0.25, 0.3) is 5.91 Å². The van der Waals surface area contributed by atoms with Crippen molar-refractivity contribution in [3.05, 3.63) is 52.3 Å². The highest BCUT2D eigenvalue weighted by atomic mass is 16.3. The first-order valence-electron chi connectivity index (χ1n) is 9.71. The number of aromatic nitrogens is 2. The number of nitrogens with one attached hydrogen (secondary N) is 1. The molecule has 1 atom stereocenters. The number of benzene rings is 1. The van der Waals surface area contributed by atoms with Crippen LogP contribution in [0.15, 0.2) is 24.3 Å². The van der Waals surface area contributed by atoms with Crippen LogP contribution < -0.4 is 5.32 Å². The summed E-state index contributed by atoms with van der Waals surface area (Å²) in [5, 5.41) is 17.4. The molecule has 0 aliphatic carbocycles. The van der Waals surface area contributed by atoms with Crippen molar-refractivity contribution >= 4 is 5.91 Å². The molecule has 1 amide bonds. The van der Waals surface area contributed by atoms with Gasteiger partial charge in [-0.3, -0.25) is 9.48 Å². The van der Waals surface area contributed by atoms with Crippen LogP contribution in [0.25, 0.3) is 0 Å². The van der Waals surface area contributed by atoms with E-state index in [1.54, 1.807) is 4.90 Å². The molecule has 0 unspecified atom stereocenters. The Balaban J connectivity index is 1.82. The molecule has 6 heteroatoms. The zero-order valence-corrected chi connectivity index (χ0v) is 16.5. The smallest absolute Gasteiger partial charge is 0.254 e. The minimum absolute atomic E-state index is 0.0441. The van der Waals surface area contributed by atoms with E-state index < -0.39 is 0 Å². The largest absolute Gasteiger partial charge is 0.395 e. The number of aliphatic hydroxyl groups excluding tert-OH is 1. The Bertz CT molecular complexity index is 793. The lowest BCUT2D eigenvalue weighted by Gasteiger charge is -2.25. The number of aliphatic hydroxyl groups is 1. The normalized spacial score (nSPS) is 17.1. The van der Waals surface area contributed by atoms with Gasteiger partial charge in [-0.2, -0.15) is 5.10 Å². The standard InChI is InChI=1S/C21H30N4O2/c1-15-20(16(2)24(3)23-15)14-25(10-11-26)21(27)18-7-4-6-17(12-18)19-8-5-9-22-13-19/h4,6-7,12,19,22,26H,5,8-11,13-14H2,1-3H3/t19-/m1/s1. The highest BCUT2D eigenvalue weighted by Gasteiger charge is 2.21. The van der Waals surface area contributed by atoms with E-state index in [0.717, 1.165) is 36.5 Å². The second kappa shape index (κ2) is 8.67. The number of carbonyl (C=O) groups is 1. The Morgan fingerprint density at radius 3 is 2.85 bits per heavy atom. The summed E-state index contributed by atoms with van der Waals surface area (Å²) in [6, 6.07) is 7.97. The van der Waals surface area contributed by atoms with Crippen LogP contribution in [0.2, 0.25) is 0 Å². The quantitative estimate of drug-likeness (QED) is 0.817. The Hall–Kier alpha value is -2.18. The van der Waals surface area contributed by atoms with E-state index in [1.165, 1.54) is 12.0 Å². The van der Waals surface area contributed by atoms with Crippen LogP contribution in [-0.2, 0) is 13.6 Å². The first-order valence-corrected chi connectivity index (χ1v) is 9.71. The molecule has 1 aromatic heterocycles. The average molecular weight is 370 g/mol. The molecule has 0 spiro atoms. The molecule has 27 heavy (non-hydrogen) atoms. The summed E-state index contributed by atoms with van der Waals surface area (Å²) >= 11 is 0. The molecule has 1 aliphatic heterocycles. The van der Waals surface area contributed by atoms with Crippen LogP contribution in [0.4, 0.5) is 0 Å². The highest BCUT2D eigenvalue weighted by molar-refractivity contribution is 5.94. The van der Waals surface area contributed by atoms with Crippen molar-refractivity contribution in [2.45, 2.75) is 39.2 Å². The fourth-order valence-electron chi connectivity index (χ4n) is 3.85. The van der Waals surface area contributed by atoms with Crippen LogP contribution in [0.1, 0.15) is 51.6 Å². The Morgan fingerprint density at radius 2 is 2.22 bits per heavy atom. The van der Waals surface area contributed by atoms with Crippen LogP contribution in [0.3, 0.4) is 0 Å². The Labute approximate surface area is 161 Å². The van der Waals surface area contributed by atoms with Crippen molar-refractivity contribution in [2.24, 2.45) is 7.05 Å². The van der Waals surface area contributed by atoms with Gasteiger partial charge in [0.15, 0.2) is 0 Å². The summed E-state index contributed by atoms with van der Waals surface area (Å²) in [5.74, 6) is 0.415. The lowest BCUT2D eigenvalue weighted by Crippen LogP contribution is -2.33. The minimum Gasteiger partial charge on any atom is -0.395 e. The van der Waals surface area contributed by atoms with E-state index in [-0.39, 0.29) is 12.5 Å². The van der Waals surface area contributed by atoms with Gasteiger partial charge in [0.2, 0.25) is 0 Å². The molecule has 1 aliphatic rings. The topological polar surface area (TPSA) is 70.4 Å². The third-order valence-electron chi connectivity index (χ3n) is 5.57. The zero-order chi connectivity index (χ0) is 19.4. The molecule has 1 saturated heterocycles. The van der Waals surface area contributed by atoms with Gasteiger partial charge < -0.3 is 15.3 Å². The first kappa shape index (κ1) is 19.6. The van der Waals surface area contributed by atoms with Crippen molar-refractivity contribution in [2.75, 3.05) is 26.2 Å². The molecule has 1 aromatic carbocycles. The molecule has 0 saturated carbocycles. The summed E-state index contributed by atoms with van der Waals surface area (Å²) in [6.45, 7) is 6.71. The van der Waals surface area contributed by atoms with Crippen LogP contribution in [0.5, 0.6) is 0 Å². The summed E-state index contributed by atoms with van der Waals surface area (Å²) in [6.07, 6.45) is 2.32. The third kappa shape index (κ3) is 4.39. The Kier molecular flexibility index (Phi) is 6.29. The second-order valence-electron chi connectivity index (χ2n) is 7.39. The number of carbonyl (C=O) groups excluding carboxylic acids is 1. The molecular formula is C21H30N4O2. The van der Waals surface area contributed by atoms with E-state index in [0.29, 0.717) is 24.6 Å². The number of hydrogen-bond acceptors (Lipinski definition) is 4. The maximum absolute atomic E-state index is 13.2. The van der Waals surface area contributed by atoms with Gasteiger partial charge in [0.1, 0.15) is 0 Å². The summed E-state index contributed by atoms with van der Waals surface area (Å²) < 4.78 is 1.84. The first-order chi connectivity index (χ1) is 13.0. The fraction of sp³-hybridized carbons (Fsp3) is 0.524. The fourth-order valence-corrected chi connectivity index (χ4v) is 3.85. The number of aryl methyl sites for hydroxylation is 2. The number of amides is 1. The van der Waals surface area contributed by atoms with Gasteiger partial charge in [-0.1, -0.05) is 12.1 Å². The van der Waals surface area contributed by atoms with Crippen LogP contribution in [-0.4, -0.2) is 51.9 Å². The van der Waals surface area contributed by atoms with E-state index in [9.17, 15) is 9.90 Å². The monoisotopic (exact) mass is 370 g/mol. The maximum atomic E-state index is 13.2. The van der Waals surface area contributed by atoms with Gasteiger partial charge in [0.05, 0.1) is 12.3 Å². The van der Waals surface area contributed by atoms with Gasteiger partial charge in [-0.05, 0) is 56.8 Å². The van der Waals surface area contributed by atoms with Gasteiger partial charge in [0, 0.05) is 43.5 Å². The molecule has 146 valence electrons. The van der Waals surface area contributed by atoms with Gasteiger partial charge in [-0.25, -0.2) is 0 Å². The molecule has 6 nitrogen and oxygen atoms in total. The van der Waals surface area contributed by atoms with E-state index in [1.807, 2.05) is 43.8 Å². The number of nitrogens with zero attached hydrogens (tertiary/aromatic N) is 3. The number of hydrogen-bond donors (Lipinski definition) is 2. The Morgan fingerprint density at radius 1 is 1.41 bits per heavy atom. The molecule has 2 aromatic rings. The lowest BCUT2D eigenvalue weighted by molar-refractivity contribution is 0.0707. The SMILES string of the molecule is Cc1nn(C)c(C)c1CN(CCO)C(=O)c1cccc([C@@H]2CCCNC2)c1. The summed E-state index contributed by atoms with van der Waals surface area (Å²) in [4.78, 5) is 14.9. The number of rotatable bonds is 6. The van der Waals surface area contributed by atoms with Crippen LogP contribution in [0, 0.1) is 13.8 Å². The molecule has 0 radical (unpaired) electrons. The average Bonchev–Trinajstić information content (AvgIpc) is 2.93. The number of piperidine rings is 1.